The van der Waals surface area contributed by atoms with E-state index in [0.29, 0.717) is 0 Å². The third kappa shape index (κ3) is 2.01. The summed E-state index contributed by atoms with van der Waals surface area (Å²) in [5.74, 6) is 5.51. The van der Waals surface area contributed by atoms with E-state index in [0.717, 1.165) is 6.42 Å². The maximum atomic E-state index is 5.51. The molecule has 2 rings (SSSR count). The minimum atomic E-state index is 0.245. The Morgan fingerprint density at radius 3 is 2.53 bits per heavy atom. The lowest BCUT2D eigenvalue weighted by Crippen LogP contribution is -2.27. The van der Waals surface area contributed by atoms with Crippen LogP contribution in [0, 0.1) is 0 Å². The van der Waals surface area contributed by atoms with Gasteiger partial charge < -0.3 is 0 Å². The van der Waals surface area contributed by atoms with Gasteiger partial charge in [0.1, 0.15) is 0 Å². The predicted molar refractivity (Wildman–Crippen MR) is 64.3 cm³/mol. The summed E-state index contributed by atoms with van der Waals surface area (Å²) in [6, 6.07) is 15.1. The van der Waals surface area contributed by atoms with Crippen LogP contribution in [0.1, 0.15) is 24.9 Å². The zero-order valence-electron chi connectivity index (χ0n) is 8.90. The van der Waals surface area contributed by atoms with Gasteiger partial charge in [-0.1, -0.05) is 43.3 Å². The number of hydrazine groups is 1. The van der Waals surface area contributed by atoms with Crippen molar-refractivity contribution in [3.05, 3.63) is 48.0 Å². The van der Waals surface area contributed by atoms with Crippen molar-refractivity contribution >= 4 is 10.8 Å². The molecule has 0 heterocycles. The summed E-state index contributed by atoms with van der Waals surface area (Å²) in [5.41, 5.74) is 4.08. The first kappa shape index (κ1) is 10.1. The summed E-state index contributed by atoms with van der Waals surface area (Å²) in [7, 11) is 0. The predicted octanol–water partition coefficient (Wildman–Crippen LogP) is 2.75. The summed E-state index contributed by atoms with van der Waals surface area (Å²) in [6.45, 7) is 2.12. The van der Waals surface area contributed by atoms with Crippen LogP contribution in [0.5, 0.6) is 0 Å². The molecule has 1 atom stereocenters. The molecule has 0 aliphatic heterocycles. The standard InChI is InChI=1S/C13H16N2/c1-2-13(15-14)12-8-7-10-5-3-4-6-11(10)9-12/h3-9,13,15H,2,14H2,1H3. The number of benzene rings is 2. The van der Waals surface area contributed by atoms with Crippen LogP contribution in [0.3, 0.4) is 0 Å². The Morgan fingerprint density at radius 1 is 1.13 bits per heavy atom. The molecule has 0 bridgehead atoms. The lowest BCUT2D eigenvalue weighted by atomic mass is 10.0. The van der Waals surface area contributed by atoms with E-state index in [1.807, 2.05) is 0 Å². The molecule has 3 N–H and O–H groups in total. The Labute approximate surface area is 90.1 Å². The van der Waals surface area contributed by atoms with Crippen molar-refractivity contribution in [3.63, 3.8) is 0 Å². The van der Waals surface area contributed by atoms with Crippen LogP contribution in [-0.2, 0) is 0 Å². The molecule has 78 valence electrons. The van der Waals surface area contributed by atoms with E-state index in [-0.39, 0.29) is 6.04 Å². The maximum Gasteiger partial charge on any atom is 0.0457 e. The Bertz CT molecular complexity index is 447. The summed E-state index contributed by atoms with van der Waals surface area (Å²) >= 11 is 0. The molecule has 2 aromatic carbocycles. The fraction of sp³-hybridized carbons (Fsp3) is 0.231. The number of rotatable bonds is 3. The number of hydrogen-bond donors (Lipinski definition) is 2. The highest BCUT2D eigenvalue weighted by Crippen LogP contribution is 2.21. The van der Waals surface area contributed by atoms with Crippen molar-refractivity contribution in [1.29, 1.82) is 0 Å². The van der Waals surface area contributed by atoms with E-state index in [4.69, 9.17) is 5.84 Å². The van der Waals surface area contributed by atoms with Crippen molar-refractivity contribution in [2.45, 2.75) is 19.4 Å². The summed E-state index contributed by atoms with van der Waals surface area (Å²) in [4.78, 5) is 0. The van der Waals surface area contributed by atoms with Crippen LogP contribution in [0.4, 0.5) is 0 Å². The second kappa shape index (κ2) is 4.43. The Kier molecular flexibility index (Phi) is 2.99. The summed E-state index contributed by atoms with van der Waals surface area (Å²) in [5, 5.41) is 2.54. The highest BCUT2D eigenvalue weighted by molar-refractivity contribution is 5.83. The van der Waals surface area contributed by atoms with Crippen LogP contribution >= 0.6 is 0 Å². The Morgan fingerprint density at radius 2 is 1.87 bits per heavy atom. The summed E-state index contributed by atoms with van der Waals surface area (Å²) < 4.78 is 0. The molecule has 2 nitrogen and oxygen atoms in total. The van der Waals surface area contributed by atoms with Gasteiger partial charge >= 0.3 is 0 Å². The lowest BCUT2D eigenvalue weighted by molar-refractivity contribution is 0.539. The lowest BCUT2D eigenvalue weighted by Gasteiger charge is -2.14. The molecule has 0 radical (unpaired) electrons. The van der Waals surface area contributed by atoms with E-state index in [2.05, 4.69) is 54.8 Å². The SMILES string of the molecule is CCC(NN)c1ccc2ccccc2c1. The highest BCUT2D eigenvalue weighted by Gasteiger charge is 2.06. The van der Waals surface area contributed by atoms with Crippen molar-refractivity contribution in [2.24, 2.45) is 5.84 Å². The van der Waals surface area contributed by atoms with E-state index in [9.17, 15) is 0 Å². The molecular formula is C13H16N2. The second-order valence-electron chi connectivity index (χ2n) is 3.73. The first-order valence-electron chi connectivity index (χ1n) is 5.30. The van der Waals surface area contributed by atoms with Gasteiger partial charge in [-0.25, -0.2) is 0 Å². The van der Waals surface area contributed by atoms with Gasteiger partial charge in [0.15, 0.2) is 0 Å². The van der Waals surface area contributed by atoms with Crippen molar-refractivity contribution in [1.82, 2.24) is 5.43 Å². The van der Waals surface area contributed by atoms with Crippen molar-refractivity contribution in [3.8, 4) is 0 Å². The highest BCUT2D eigenvalue weighted by atomic mass is 15.2. The van der Waals surface area contributed by atoms with Crippen molar-refractivity contribution in [2.75, 3.05) is 0 Å². The van der Waals surface area contributed by atoms with Crippen molar-refractivity contribution < 1.29 is 0 Å². The van der Waals surface area contributed by atoms with Gasteiger partial charge in [0, 0.05) is 6.04 Å². The van der Waals surface area contributed by atoms with E-state index >= 15 is 0 Å². The number of fused-ring (bicyclic) bond motifs is 1. The van der Waals surface area contributed by atoms with E-state index < -0.39 is 0 Å². The van der Waals surface area contributed by atoms with Gasteiger partial charge in [-0.15, -0.1) is 0 Å². The Hall–Kier alpha value is -1.38. The van der Waals surface area contributed by atoms with Gasteiger partial charge in [-0.3, -0.25) is 11.3 Å². The van der Waals surface area contributed by atoms with Gasteiger partial charge in [0.25, 0.3) is 0 Å². The van der Waals surface area contributed by atoms with E-state index in [1.165, 1.54) is 16.3 Å². The first-order valence-corrected chi connectivity index (χ1v) is 5.30. The monoisotopic (exact) mass is 200 g/mol. The zero-order valence-corrected chi connectivity index (χ0v) is 8.90. The number of nitrogens with one attached hydrogen (secondary N) is 1. The average Bonchev–Trinajstić information content (AvgIpc) is 2.30. The van der Waals surface area contributed by atoms with Gasteiger partial charge in [-0.2, -0.15) is 0 Å². The molecule has 0 aromatic heterocycles. The minimum absolute atomic E-state index is 0.245. The molecule has 0 aliphatic carbocycles. The molecule has 0 saturated heterocycles. The molecule has 0 aliphatic rings. The third-order valence-electron chi connectivity index (χ3n) is 2.79. The quantitative estimate of drug-likeness (QED) is 0.590. The van der Waals surface area contributed by atoms with Gasteiger partial charge in [0.05, 0.1) is 0 Å². The van der Waals surface area contributed by atoms with Crippen LogP contribution in [-0.4, -0.2) is 0 Å². The zero-order chi connectivity index (χ0) is 10.7. The van der Waals surface area contributed by atoms with Gasteiger partial charge in [-0.05, 0) is 28.8 Å². The van der Waals surface area contributed by atoms with Crippen LogP contribution in [0.15, 0.2) is 42.5 Å². The Balaban J connectivity index is 2.46. The fourth-order valence-electron chi connectivity index (χ4n) is 1.87. The normalized spacial score (nSPS) is 12.9. The summed E-state index contributed by atoms with van der Waals surface area (Å²) in [6.07, 6.45) is 0.995. The molecule has 0 fully saturated rings. The molecule has 0 spiro atoms. The largest absolute Gasteiger partial charge is 0.271 e. The van der Waals surface area contributed by atoms with Crippen LogP contribution < -0.4 is 11.3 Å². The van der Waals surface area contributed by atoms with Crippen LogP contribution in [0.2, 0.25) is 0 Å². The van der Waals surface area contributed by atoms with Gasteiger partial charge in [0.2, 0.25) is 0 Å². The maximum absolute atomic E-state index is 5.51. The molecule has 0 saturated carbocycles. The third-order valence-corrected chi connectivity index (χ3v) is 2.79. The molecule has 15 heavy (non-hydrogen) atoms. The fourth-order valence-corrected chi connectivity index (χ4v) is 1.87. The molecule has 2 heteroatoms. The smallest absolute Gasteiger partial charge is 0.0457 e. The topological polar surface area (TPSA) is 38.0 Å². The number of hydrogen-bond acceptors (Lipinski definition) is 2. The first-order chi connectivity index (χ1) is 7.35. The van der Waals surface area contributed by atoms with E-state index in [1.54, 1.807) is 0 Å². The minimum Gasteiger partial charge on any atom is -0.271 e. The van der Waals surface area contributed by atoms with Crippen LogP contribution in [0.25, 0.3) is 10.8 Å². The molecule has 0 amide bonds. The number of nitrogens with two attached hydrogens (primary N) is 1. The molecule has 2 aromatic rings. The second-order valence-corrected chi connectivity index (χ2v) is 3.73. The molecular weight excluding hydrogens is 184 g/mol. The average molecular weight is 200 g/mol. The molecule has 1 unspecified atom stereocenters.